The van der Waals surface area contributed by atoms with E-state index in [-0.39, 0.29) is 5.39 Å². The fourth-order valence-corrected chi connectivity index (χ4v) is 1.81. The van der Waals surface area contributed by atoms with Crippen LogP contribution >= 0.6 is 15.9 Å². The monoisotopic (exact) mass is 283 g/mol. The minimum Gasteiger partial charge on any atom is -0.506 e. The number of H-pyrrole nitrogens is 1. The van der Waals surface area contributed by atoms with Gasteiger partial charge in [0.05, 0.1) is 5.52 Å². The van der Waals surface area contributed by atoms with Crippen molar-refractivity contribution in [3.8, 4) is 5.75 Å². The van der Waals surface area contributed by atoms with Crippen molar-refractivity contribution in [3.05, 3.63) is 38.6 Å². The average Bonchev–Trinajstić information content (AvgIpc) is 2.19. The third-order valence-corrected chi connectivity index (χ3v) is 2.66. The lowest BCUT2D eigenvalue weighted by molar-refractivity contribution is 0.0692. The van der Waals surface area contributed by atoms with Crippen molar-refractivity contribution in [1.29, 1.82) is 0 Å². The number of aromatic hydroxyl groups is 1. The number of aromatic carboxylic acids is 1. The molecule has 0 aliphatic carbocycles. The fourth-order valence-electron chi connectivity index (χ4n) is 1.45. The van der Waals surface area contributed by atoms with Gasteiger partial charge in [-0.3, -0.25) is 4.79 Å². The molecule has 0 radical (unpaired) electrons. The van der Waals surface area contributed by atoms with Crippen LogP contribution in [0, 0.1) is 0 Å². The molecule has 2 aromatic rings. The maximum absolute atomic E-state index is 11.4. The van der Waals surface area contributed by atoms with Crippen LogP contribution in [0.1, 0.15) is 10.4 Å². The number of carboxylic acids is 1. The number of carbonyl (C=O) groups is 1. The van der Waals surface area contributed by atoms with E-state index in [1.807, 2.05) is 0 Å². The molecule has 0 fully saturated rings. The van der Waals surface area contributed by atoms with Crippen molar-refractivity contribution in [1.82, 2.24) is 4.98 Å². The first-order valence-electron chi connectivity index (χ1n) is 4.28. The Morgan fingerprint density at radius 1 is 1.38 bits per heavy atom. The number of halogens is 1. The molecule has 0 amide bonds. The summed E-state index contributed by atoms with van der Waals surface area (Å²) in [5, 5.41) is 18.8. The first-order chi connectivity index (χ1) is 7.50. The van der Waals surface area contributed by atoms with Crippen molar-refractivity contribution >= 4 is 32.8 Å². The van der Waals surface area contributed by atoms with Crippen LogP contribution in [-0.4, -0.2) is 21.2 Å². The van der Waals surface area contributed by atoms with Crippen molar-refractivity contribution < 1.29 is 15.0 Å². The molecular weight excluding hydrogens is 278 g/mol. The van der Waals surface area contributed by atoms with Crippen LogP contribution < -0.4 is 5.56 Å². The lowest BCUT2D eigenvalue weighted by atomic mass is 10.1. The van der Waals surface area contributed by atoms with Gasteiger partial charge < -0.3 is 15.2 Å². The Morgan fingerprint density at radius 3 is 2.69 bits per heavy atom. The molecule has 0 unspecified atom stereocenters. The summed E-state index contributed by atoms with van der Waals surface area (Å²) in [4.78, 5) is 24.5. The first-order valence-corrected chi connectivity index (χ1v) is 5.08. The molecule has 0 aliphatic heterocycles. The number of hydrogen-bond donors (Lipinski definition) is 3. The summed E-state index contributed by atoms with van der Waals surface area (Å²) in [5.74, 6) is -1.98. The Balaban J connectivity index is 2.96. The molecule has 16 heavy (non-hydrogen) atoms. The molecule has 0 aliphatic rings. The SMILES string of the molecule is O=C(O)c1c(O)c2cc(Br)ccc2[nH]c1=O. The van der Waals surface area contributed by atoms with Gasteiger partial charge in [-0.2, -0.15) is 0 Å². The summed E-state index contributed by atoms with van der Waals surface area (Å²) in [5.41, 5.74) is -1.08. The second-order valence-electron chi connectivity index (χ2n) is 3.17. The molecular formula is C10H6BrNO4. The Labute approximate surface area is 97.5 Å². The van der Waals surface area contributed by atoms with Gasteiger partial charge in [0.2, 0.25) is 0 Å². The largest absolute Gasteiger partial charge is 0.506 e. The zero-order valence-corrected chi connectivity index (χ0v) is 9.41. The van der Waals surface area contributed by atoms with E-state index in [0.29, 0.717) is 9.99 Å². The van der Waals surface area contributed by atoms with Gasteiger partial charge >= 0.3 is 5.97 Å². The van der Waals surface area contributed by atoms with Crippen LogP contribution in [0.4, 0.5) is 0 Å². The predicted molar refractivity (Wildman–Crippen MR) is 60.9 cm³/mol. The number of rotatable bonds is 1. The van der Waals surface area contributed by atoms with E-state index in [0.717, 1.165) is 0 Å². The molecule has 1 aromatic heterocycles. The summed E-state index contributed by atoms with van der Waals surface area (Å²) in [6.07, 6.45) is 0. The number of carboxylic acid groups (broad SMARTS) is 1. The normalized spacial score (nSPS) is 10.6. The van der Waals surface area contributed by atoms with Crippen LogP contribution in [-0.2, 0) is 0 Å². The number of aromatic amines is 1. The van der Waals surface area contributed by atoms with Gasteiger partial charge in [0, 0.05) is 9.86 Å². The molecule has 0 bridgehead atoms. The topological polar surface area (TPSA) is 90.4 Å². The summed E-state index contributed by atoms with van der Waals surface area (Å²) in [6.45, 7) is 0. The molecule has 0 saturated heterocycles. The van der Waals surface area contributed by atoms with Crippen LogP contribution in [0.25, 0.3) is 10.9 Å². The number of aromatic nitrogens is 1. The molecule has 3 N–H and O–H groups in total. The molecule has 5 nitrogen and oxygen atoms in total. The number of pyridine rings is 1. The Morgan fingerprint density at radius 2 is 2.06 bits per heavy atom. The molecule has 6 heteroatoms. The van der Waals surface area contributed by atoms with E-state index < -0.39 is 22.8 Å². The predicted octanol–water partition coefficient (Wildman–Crippen LogP) is 1.69. The lowest BCUT2D eigenvalue weighted by Crippen LogP contribution is -2.17. The fraction of sp³-hybridized carbons (Fsp3) is 0. The lowest BCUT2D eigenvalue weighted by Gasteiger charge is -2.04. The second kappa shape index (κ2) is 3.64. The maximum atomic E-state index is 11.4. The van der Waals surface area contributed by atoms with E-state index in [9.17, 15) is 14.7 Å². The van der Waals surface area contributed by atoms with Gasteiger partial charge in [0.25, 0.3) is 5.56 Å². The van der Waals surface area contributed by atoms with Crippen LogP contribution in [0.5, 0.6) is 5.75 Å². The van der Waals surface area contributed by atoms with Crippen molar-refractivity contribution in [2.45, 2.75) is 0 Å². The van der Waals surface area contributed by atoms with Gasteiger partial charge in [0.1, 0.15) is 5.75 Å². The van der Waals surface area contributed by atoms with E-state index in [1.54, 1.807) is 12.1 Å². The minimum atomic E-state index is -1.46. The third kappa shape index (κ3) is 1.57. The summed E-state index contributed by atoms with van der Waals surface area (Å²) in [6, 6.07) is 4.79. The van der Waals surface area contributed by atoms with Gasteiger partial charge in [-0.05, 0) is 18.2 Å². The van der Waals surface area contributed by atoms with Crippen LogP contribution in [0.3, 0.4) is 0 Å². The summed E-state index contributed by atoms with van der Waals surface area (Å²) in [7, 11) is 0. The number of fused-ring (bicyclic) bond motifs is 1. The Bertz CT molecular complexity index is 647. The van der Waals surface area contributed by atoms with Gasteiger partial charge in [-0.15, -0.1) is 0 Å². The molecule has 0 spiro atoms. The van der Waals surface area contributed by atoms with Crippen molar-refractivity contribution in [2.75, 3.05) is 0 Å². The number of benzene rings is 1. The zero-order valence-electron chi connectivity index (χ0n) is 7.82. The van der Waals surface area contributed by atoms with E-state index in [1.165, 1.54) is 6.07 Å². The molecule has 2 rings (SSSR count). The number of hydrogen-bond acceptors (Lipinski definition) is 3. The second-order valence-corrected chi connectivity index (χ2v) is 4.09. The summed E-state index contributed by atoms with van der Waals surface area (Å²) < 4.78 is 0.679. The van der Waals surface area contributed by atoms with E-state index in [4.69, 9.17) is 5.11 Å². The van der Waals surface area contributed by atoms with Crippen LogP contribution in [0.15, 0.2) is 27.5 Å². The molecule has 0 atom stereocenters. The zero-order chi connectivity index (χ0) is 11.9. The first kappa shape index (κ1) is 10.7. The molecule has 0 saturated carbocycles. The Hall–Kier alpha value is -1.82. The van der Waals surface area contributed by atoms with Crippen LogP contribution in [0.2, 0.25) is 0 Å². The average molecular weight is 284 g/mol. The quantitative estimate of drug-likeness (QED) is 0.743. The molecule has 1 heterocycles. The highest BCUT2D eigenvalue weighted by molar-refractivity contribution is 9.10. The summed E-state index contributed by atoms with van der Waals surface area (Å²) >= 11 is 3.20. The standard InChI is InChI=1S/C10H6BrNO4/c11-4-1-2-6-5(3-4)8(13)7(10(15)16)9(14)12-6/h1-3H,(H,15,16)(H2,12,13,14). The maximum Gasteiger partial charge on any atom is 0.345 e. The van der Waals surface area contributed by atoms with Gasteiger partial charge in [-0.1, -0.05) is 15.9 Å². The van der Waals surface area contributed by atoms with E-state index >= 15 is 0 Å². The Kier molecular flexibility index (Phi) is 2.43. The minimum absolute atomic E-state index is 0.284. The highest BCUT2D eigenvalue weighted by atomic mass is 79.9. The molecule has 82 valence electrons. The number of nitrogens with one attached hydrogen (secondary N) is 1. The van der Waals surface area contributed by atoms with Gasteiger partial charge in [0.15, 0.2) is 5.56 Å². The highest BCUT2D eigenvalue weighted by Gasteiger charge is 2.17. The van der Waals surface area contributed by atoms with Crippen molar-refractivity contribution in [3.63, 3.8) is 0 Å². The highest BCUT2D eigenvalue weighted by Crippen LogP contribution is 2.27. The van der Waals surface area contributed by atoms with Gasteiger partial charge in [-0.25, -0.2) is 4.79 Å². The van der Waals surface area contributed by atoms with E-state index in [2.05, 4.69) is 20.9 Å². The van der Waals surface area contributed by atoms with Crippen molar-refractivity contribution in [2.24, 2.45) is 0 Å². The third-order valence-electron chi connectivity index (χ3n) is 2.16. The smallest absolute Gasteiger partial charge is 0.345 e. The molecule has 1 aromatic carbocycles.